The lowest BCUT2D eigenvalue weighted by Crippen LogP contribution is -2.65. The van der Waals surface area contributed by atoms with Crippen LogP contribution in [0.25, 0.3) is 0 Å². The van der Waals surface area contributed by atoms with Gasteiger partial charge in [-0.2, -0.15) is 0 Å². The minimum Gasteiger partial charge on any atom is -0.343 e. The monoisotopic (exact) mass is 253 g/mol. The Labute approximate surface area is 108 Å². The molecule has 2 heterocycles. The maximum absolute atomic E-state index is 12.3. The van der Waals surface area contributed by atoms with Gasteiger partial charge in [-0.1, -0.05) is 0 Å². The van der Waals surface area contributed by atoms with E-state index < -0.39 is 0 Å². The van der Waals surface area contributed by atoms with E-state index in [2.05, 4.69) is 24.2 Å². The Bertz CT molecular complexity index is 358. The van der Waals surface area contributed by atoms with E-state index in [9.17, 15) is 9.59 Å². The number of amides is 2. The van der Waals surface area contributed by atoms with Crippen molar-refractivity contribution in [3.8, 4) is 0 Å². The van der Waals surface area contributed by atoms with Crippen molar-refractivity contribution in [1.82, 2.24) is 15.1 Å². The Morgan fingerprint density at radius 2 is 1.89 bits per heavy atom. The summed E-state index contributed by atoms with van der Waals surface area (Å²) >= 11 is 0. The van der Waals surface area contributed by atoms with Crippen molar-refractivity contribution in [3.05, 3.63) is 0 Å². The zero-order chi connectivity index (χ0) is 13.4. The number of piperidine rings is 1. The maximum atomic E-state index is 12.3. The third-order valence-electron chi connectivity index (χ3n) is 4.35. The number of piperazine rings is 1. The fraction of sp³-hybridized carbons (Fsp3) is 0.846. The summed E-state index contributed by atoms with van der Waals surface area (Å²) in [7, 11) is 2.11. The molecule has 0 spiro atoms. The molecule has 0 bridgehead atoms. The van der Waals surface area contributed by atoms with Crippen molar-refractivity contribution >= 4 is 11.8 Å². The summed E-state index contributed by atoms with van der Waals surface area (Å²) in [5.41, 5.74) is 0. The van der Waals surface area contributed by atoms with Crippen LogP contribution in [-0.2, 0) is 9.59 Å². The van der Waals surface area contributed by atoms with E-state index in [0.29, 0.717) is 6.04 Å². The van der Waals surface area contributed by atoms with Crippen LogP contribution in [0.1, 0.15) is 33.6 Å². The number of hydrogen-bond acceptors (Lipinski definition) is 3. The molecule has 2 aliphatic heterocycles. The fourth-order valence-corrected chi connectivity index (χ4v) is 2.95. The van der Waals surface area contributed by atoms with Crippen LogP contribution >= 0.6 is 0 Å². The third-order valence-corrected chi connectivity index (χ3v) is 4.35. The van der Waals surface area contributed by atoms with Crippen molar-refractivity contribution in [2.45, 2.75) is 57.8 Å². The molecule has 2 aliphatic rings. The fourth-order valence-electron chi connectivity index (χ4n) is 2.95. The molecule has 4 unspecified atom stereocenters. The molecule has 0 radical (unpaired) electrons. The standard InChI is InChI=1S/C13H23N3O2/c1-8-7-11(5-6-15(8)4)16-10(3)12(17)14-9(2)13(16)18/h8-11H,5-7H2,1-4H3,(H,14,17). The van der Waals surface area contributed by atoms with Crippen LogP contribution in [-0.4, -0.2) is 59.4 Å². The molecular formula is C13H23N3O2. The normalized spacial score (nSPS) is 38.8. The summed E-state index contributed by atoms with van der Waals surface area (Å²) in [4.78, 5) is 28.2. The van der Waals surface area contributed by atoms with Crippen LogP contribution in [0.4, 0.5) is 0 Å². The quantitative estimate of drug-likeness (QED) is 0.726. The molecule has 0 aromatic heterocycles. The summed E-state index contributed by atoms with van der Waals surface area (Å²) in [5.74, 6) is 0.0255. The van der Waals surface area contributed by atoms with E-state index in [1.54, 1.807) is 6.92 Å². The van der Waals surface area contributed by atoms with Crippen molar-refractivity contribution in [1.29, 1.82) is 0 Å². The van der Waals surface area contributed by atoms with Gasteiger partial charge in [-0.3, -0.25) is 9.59 Å². The first kappa shape index (κ1) is 13.3. The summed E-state index contributed by atoms with van der Waals surface area (Å²) in [5, 5.41) is 2.73. The number of likely N-dealkylation sites (tertiary alicyclic amines) is 1. The molecular weight excluding hydrogens is 230 g/mol. The minimum atomic E-state index is -0.385. The van der Waals surface area contributed by atoms with E-state index in [-0.39, 0.29) is 29.9 Å². The molecule has 2 saturated heterocycles. The van der Waals surface area contributed by atoms with E-state index in [0.717, 1.165) is 19.4 Å². The predicted octanol–water partition coefficient (Wildman–Crippen LogP) is 0.204. The molecule has 4 atom stereocenters. The van der Waals surface area contributed by atoms with E-state index in [4.69, 9.17) is 0 Å². The third kappa shape index (κ3) is 2.23. The molecule has 0 aliphatic carbocycles. The average Bonchev–Trinajstić information content (AvgIpc) is 2.31. The topological polar surface area (TPSA) is 52.7 Å². The minimum absolute atomic E-state index is 0.0336. The lowest BCUT2D eigenvalue weighted by Gasteiger charge is -2.46. The number of hydrogen-bond donors (Lipinski definition) is 1. The van der Waals surface area contributed by atoms with Gasteiger partial charge in [-0.05, 0) is 40.7 Å². The Hall–Kier alpha value is -1.10. The number of carbonyl (C=O) groups is 2. The number of nitrogens with zero attached hydrogens (tertiary/aromatic N) is 2. The van der Waals surface area contributed by atoms with Crippen LogP contribution in [0.2, 0.25) is 0 Å². The highest BCUT2D eigenvalue weighted by molar-refractivity contribution is 5.96. The van der Waals surface area contributed by atoms with Gasteiger partial charge in [-0.15, -0.1) is 0 Å². The summed E-state index contributed by atoms with van der Waals surface area (Å²) in [6.45, 7) is 6.74. The number of nitrogens with one attached hydrogen (secondary N) is 1. The van der Waals surface area contributed by atoms with Gasteiger partial charge in [0.25, 0.3) is 0 Å². The van der Waals surface area contributed by atoms with Crippen LogP contribution < -0.4 is 5.32 Å². The second kappa shape index (κ2) is 4.88. The zero-order valence-electron chi connectivity index (χ0n) is 11.6. The van der Waals surface area contributed by atoms with E-state index in [1.807, 2.05) is 11.8 Å². The Morgan fingerprint density at radius 3 is 2.50 bits per heavy atom. The summed E-state index contributed by atoms with van der Waals surface area (Å²) < 4.78 is 0. The molecule has 2 rings (SSSR count). The van der Waals surface area contributed by atoms with Gasteiger partial charge in [0.15, 0.2) is 0 Å². The molecule has 0 aromatic carbocycles. The molecule has 0 saturated carbocycles. The van der Waals surface area contributed by atoms with E-state index in [1.165, 1.54) is 0 Å². The molecule has 2 fully saturated rings. The summed E-state index contributed by atoms with van der Waals surface area (Å²) in [6, 6.07) is -0.0609. The second-order valence-electron chi connectivity index (χ2n) is 5.66. The molecule has 2 amide bonds. The Balaban J connectivity index is 2.15. The Kier molecular flexibility index (Phi) is 3.61. The van der Waals surface area contributed by atoms with Crippen molar-refractivity contribution in [2.75, 3.05) is 13.6 Å². The molecule has 5 nitrogen and oxygen atoms in total. The highest BCUT2D eigenvalue weighted by Crippen LogP contribution is 2.24. The Morgan fingerprint density at radius 1 is 1.22 bits per heavy atom. The van der Waals surface area contributed by atoms with Crippen LogP contribution in [0.15, 0.2) is 0 Å². The van der Waals surface area contributed by atoms with Gasteiger partial charge < -0.3 is 15.1 Å². The average molecular weight is 253 g/mol. The largest absolute Gasteiger partial charge is 0.343 e. The van der Waals surface area contributed by atoms with Gasteiger partial charge in [0.2, 0.25) is 11.8 Å². The van der Waals surface area contributed by atoms with Crippen molar-refractivity contribution in [2.24, 2.45) is 0 Å². The van der Waals surface area contributed by atoms with Gasteiger partial charge in [0.1, 0.15) is 12.1 Å². The predicted molar refractivity (Wildman–Crippen MR) is 69.0 cm³/mol. The molecule has 102 valence electrons. The maximum Gasteiger partial charge on any atom is 0.245 e. The first-order chi connectivity index (χ1) is 8.41. The van der Waals surface area contributed by atoms with Gasteiger partial charge in [-0.25, -0.2) is 0 Å². The van der Waals surface area contributed by atoms with E-state index >= 15 is 0 Å². The second-order valence-corrected chi connectivity index (χ2v) is 5.66. The molecule has 0 aromatic rings. The number of carbonyl (C=O) groups excluding carboxylic acids is 2. The van der Waals surface area contributed by atoms with Gasteiger partial charge in [0, 0.05) is 18.6 Å². The molecule has 1 N–H and O–H groups in total. The van der Waals surface area contributed by atoms with Crippen molar-refractivity contribution < 1.29 is 9.59 Å². The SMILES string of the molecule is CC1NC(=O)C(C)N(C2CCN(C)C(C)C2)C1=O. The van der Waals surface area contributed by atoms with Crippen LogP contribution in [0.3, 0.4) is 0 Å². The molecule has 18 heavy (non-hydrogen) atoms. The smallest absolute Gasteiger partial charge is 0.245 e. The summed E-state index contributed by atoms with van der Waals surface area (Å²) in [6.07, 6.45) is 1.91. The lowest BCUT2D eigenvalue weighted by molar-refractivity contribution is -0.152. The van der Waals surface area contributed by atoms with Gasteiger partial charge >= 0.3 is 0 Å². The van der Waals surface area contributed by atoms with Gasteiger partial charge in [0.05, 0.1) is 0 Å². The first-order valence-corrected chi connectivity index (χ1v) is 6.74. The van der Waals surface area contributed by atoms with Crippen molar-refractivity contribution in [3.63, 3.8) is 0 Å². The lowest BCUT2D eigenvalue weighted by atomic mass is 9.94. The zero-order valence-corrected chi connectivity index (χ0v) is 11.6. The first-order valence-electron chi connectivity index (χ1n) is 6.74. The van der Waals surface area contributed by atoms with Crippen LogP contribution in [0.5, 0.6) is 0 Å². The highest BCUT2D eigenvalue weighted by Gasteiger charge is 2.41. The molecule has 5 heteroatoms. The highest BCUT2D eigenvalue weighted by atomic mass is 16.2. The van der Waals surface area contributed by atoms with Crippen LogP contribution in [0, 0.1) is 0 Å². The number of rotatable bonds is 1.